The molecule has 196 valence electrons. The lowest BCUT2D eigenvalue weighted by Crippen LogP contribution is -2.15. The number of ether oxygens (including phenoxy) is 1. The van der Waals surface area contributed by atoms with E-state index in [1.165, 1.54) is 148 Å². The number of carbonyl (C=O) groups is 1. The topological polar surface area (TPSA) is 26.3 Å². The molecule has 0 saturated heterocycles. The molecule has 0 aliphatic heterocycles. The first-order chi connectivity index (χ1) is 16.1. The van der Waals surface area contributed by atoms with Crippen molar-refractivity contribution >= 4 is 5.97 Å². The number of esters is 1. The maximum absolute atomic E-state index is 11.8. The van der Waals surface area contributed by atoms with E-state index in [1.54, 1.807) is 6.92 Å². The monoisotopic (exact) mass is 464 g/mol. The van der Waals surface area contributed by atoms with Crippen molar-refractivity contribution in [3.05, 3.63) is 12.2 Å². The Morgan fingerprint density at radius 2 is 0.879 bits per heavy atom. The minimum atomic E-state index is -0.220. The molecule has 0 aromatic heterocycles. The standard InChI is InChI=1S/C31H60O2/c1-5-7-9-11-13-15-17-19-21-23-25-27-30(28-33-31(32)29(3)4)26-24-22-20-18-16-14-12-10-8-6-2/h30H,3,5-28H2,1-2,4H3. The van der Waals surface area contributed by atoms with Gasteiger partial charge in [0.05, 0.1) is 6.61 Å². The smallest absolute Gasteiger partial charge is 0.333 e. The second-order valence-electron chi connectivity index (χ2n) is 10.5. The van der Waals surface area contributed by atoms with Gasteiger partial charge in [-0.25, -0.2) is 4.79 Å². The van der Waals surface area contributed by atoms with E-state index in [-0.39, 0.29) is 5.97 Å². The van der Waals surface area contributed by atoms with Gasteiger partial charge in [0.1, 0.15) is 0 Å². The number of carbonyl (C=O) groups excluding carboxylic acids is 1. The summed E-state index contributed by atoms with van der Waals surface area (Å²) in [5, 5.41) is 0. The van der Waals surface area contributed by atoms with Crippen LogP contribution in [0.4, 0.5) is 0 Å². The maximum atomic E-state index is 11.8. The average Bonchev–Trinajstić information content (AvgIpc) is 2.81. The molecule has 0 radical (unpaired) electrons. The molecule has 0 bridgehead atoms. The Morgan fingerprint density at radius 1 is 0.576 bits per heavy atom. The zero-order valence-corrected chi connectivity index (χ0v) is 23.1. The van der Waals surface area contributed by atoms with Crippen molar-refractivity contribution in [2.24, 2.45) is 5.92 Å². The van der Waals surface area contributed by atoms with Crippen LogP contribution in [0.25, 0.3) is 0 Å². The molecule has 0 saturated carbocycles. The summed E-state index contributed by atoms with van der Waals surface area (Å²) in [6.45, 7) is 10.6. The SMILES string of the molecule is C=C(C)C(=O)OCC(CCCCCCCCCCCC)CCCCCCCCCCCCC. The van der Waals surface area contributed by atoms with Gasteiger partial charge in [-0.2, -0.15) is 0 Å². The molecule has 2 nitrogen and oxygen atoms in total. The van der Waals surface area contributed by atoms with Gasteiger partial charge in [0.2, 0.25) is 0 Å². The molecular weight excluding hydrogens is 404 g/mol. The van der Waals surface area contributed by atoms with Gasteiger partial charge in [-0.3, -0.25) is 0 Å². The van der Waals surface area contributed by atoms with Crippen LogP contribution >= 0.6 is 0 Å². The lowest BCUT2D eigenvalue weighted by atomic mass is 9.94. The molecule has 0 aliphatic carbocycles. The van der Waals surface area contributed by atoms with E-state index in [9.17, 15) is 4.79 Å². The maximum Gasteiger partial charge on any atom is 0.333 e. The molecule has 1 atom stereocenters. The van der Waals surface area contributed by atoms with Crippen molar-refractivity contribution in [1.82, 2.24) is 0 Å². The van der Waals surface area contributed by atoms with Gasteiger partial charge >= 0.3 is 5.97 Å². The normalized spacial score (nSPS) is 12.1. The Bertz CT molecular complexity index is 429. The van der Waals surface area contributed by atoms with Crippen LogP contribution in [0, 0.1) is 5.92 Å². The zero-order chi connectivity index (χ0) is 24.4. The minimum Gasteiger partial charge on any atom is -0.462 e. The molecule has 0 aliphatic rings. The third kappa shape index (κ3) is 24.1. The van der Waals surface area contributed by atoms with E-state index in [1.807, 2.05) is 0 Å². The molecule has 0 spiro atoms. The van der Waals surface area contributed by atoms with Crippen molar-refractivity contribution in [2.45, 2.75) is 168 Å². The first-order valence-corrected chi connectivity index (χ1v) is 14.9. The molecule has 0 aromatic rings. The highest BCUT2D eigenvalue weighted by Gasteiger charge is 2.12. The lowest BCUT2D eigenvalue weighted by molar-refractivity contribution is -0.140. The number of hydrogen-bond acceptors (Lipinski definition) is 2. The molecule has 0 rings (SSSR count). The summed E-state index contributed by atoms with van der Waals surface area (Å²) in [6, 6.07) is 0. The summed E-state index contributed by atoms with van der Waals surface area (Å²) >= 11 is 0. The first kappa shape index (κ1) is 32.2. The highest BCUT2D eigenvalue weighted by Crippen LogP contribution is 2.21. The Kier molecular flexibility index (Phi) is 25.2. The third-order valence-corrected chi connectivity index (χ3v) is 6.98. The molecule has 0 N–H and O–H groups in total. The van der Waals surface area contributed by atoms with Crippen LogP contribution in [0.1, 0.15) is 168 Å². The van der Waals surface area contributed by atoms with Crippen LogP contribution in [0.2, 0.25) is 0 Å². The molecule has 0 amide bonds. The third-order valence-electron chi connectivity index (χ3n) is 6.98. The summed E-state index contributed by atoms with van der Waals surface area (Å²) in [4.78, 5) is 11.8. The quantitative estimate of drug-likeness (QED) is 0.0722. The highest BCUT2D eigenvalue weighted by atomic mass is 16.5. The number of unbranched alkanes of at least 4 members (excludes halogenated alkanes) is 19. The van der Waals surface area contributed by atoms with Gasteiger partial charge in [-0.15, -0.1) is 0 Å². The van der Waals surface area contributed by atoms with Gasteiger partial charge in [-0.1, -0.05) is 155 Å². The number of rotatable bonds is 26. The van der Waals surface area contributed by atoms with Crippen molar-refractivity contribution in [3.63, 3.8) is 0 Å². The Hall–Kier alpha value is -0.790. The van der Waals surface area contributed by atoms with Crippen molar-refractivity contribution in [2.75, 3.05) is 6.61 Å². The van der Waals surface area contributed by atoms with Crippen LogP contribution in [-0.4, -0.2) is 12.6 Å². The predicted octanol–water partition coefficient (Wildman–Crippen LogP) is 10.7. The lowest BCUT2D eigenvalue weighted by Gasteiger charge is -2.17. The van der Waals surface area contributed by atoms with Gasteiger partial charge in [-0.05, 0) is 25.7 Å². The van der Waals surface area contributed by atoms with Crippen LogP contribution in [0.5, 0.6) is 0 Å². The van der Waals surface area contributed by atoms with Crippen LogP contribution in [-0.2, 0) is 9.53 Å². The summed E-state index contributed by atoms with van der Waals surface area (Å²) in [6.07, 6.45) is 31.4. The summed E-state index contributed by atoms with van der Waals surface area (Å²) in [5.74, 6) is 0.308. The fourth-order valence-corrected chi connectivity index (χ4v) is 4.65. The fourth-order valence-electron chi connectivity index (χ4n) is 4.65. The van der Waals surface area contributed by atoms with Crippen LogP contribution in [0.15, 0.2) is 12.2 Å². The van der Waals surface area contributed by atoms with Gasteiger partial charge in [0, 0.05) is 5.57 Å². The van der Waals surface area contributed by atoms with E-state index < -0.39 is 0 Å². The van der Waals surface area contributed by atoms with Gasteiger partial charge < -0.3 is 4.74 Å². The first-order valence-electron chi connectivity index (χ1n) is 14.9. The van der Waals surface area contributed by atoms with E-state index in [2.05, 4.69) is 20.4 Å². The predicted molar refractivity (Wildman–Crippen MR) is 147 cm³/mol. The van der Waals surface area contributed by atoms with Crippen molar-refractivity contribution < 1.29 is 9.53 Å². The van der Waals surface area contributed by atoms with E-state index in [0.717, 1.165) is 0 Å². The average molecular weight is 465 g/mol. The molecule has 2 heteroatoms. The number of hydrogen-bond donors (Lipinski definition) is 0. The molecule has 33 heavy (non-hydrogen) atoms. The van der Waals surface area contributed by atoms with E-state index in [4.69, 9.17) is 4.74 Å². The Balaban J connectivity index is 3.85. The van der Waals surface area contributed by atoms with Gasteiger partial charge in [0.25, 0.3) is 0 Å². The van der Waals surface area contributed by atoms with Crippen LogP contribution < -0.4 is 0 Å². The van der Waals surface area contributed by atoms with E-state index in [0.29, 0.717) is 18.1 Å². The molecule has 0 heterocycles. The molecule has 0 fully saturated rings. The zero-order valence-electron chi connectivity index (χ0n) is 23.1. The largest absolute Gasteiger partial charge is 0.462 e. The van der Waals surface area contributed by atoms with Crippen LogP contribution in [0.3, 0.4) is 0 Å². The minimum absolute atomic E-state index is 0.220. The second kappa shape index (κ2) is 25.8. The van der Waals surface area contributed by atoms with Crippen molar-refractivity contribution in [1.29, 1.82) is 0 Å². The fraction of sp³-hybridized carbons (Fsp3) is 0.903. The highest BCUT2D eigenvalue weighted by molar-refractivity contribution is 5.86. The summed E-state index contributed by atoms with van der Waals surface area (Å²) < 4.78 is 5.52. The molecule has 1 unspecified atom stereocenters. The Morgan fingerprint density at radius 3 is 1.18 bits per heavy atom. The van der Waals surface area contributed by atoms with Gasteiger partial charge in [0.15, 0.2) is 0 Å². The Labute approximate surface area is 208 Å². The molecular formula is C31H60O2. The summed E-state index contributed by atoms with van der Waals surface area (Å²) in [5.41, 5.74) is 0.516. The molecule has 0 aromatic carbocycles. The summed E-state index contributed by atoms with van der Waals surface area (Å²) in [7, 11) is 0. The van der Waals surface area contributed by atoms with Crippen molar-refractivity contribution in [3.8, 4) is 0 Å². The van der Waals surface area contributed by atoms with E-state index >= 15 is 0 Å². The second-order valence-corrected chi connectivity index (χ2v) is 10.5.